The van der Waals surface area contributed by atoms with Gasteiger partial charge in [0, 0.05) is 44.5 Å². The van der Waals surface area contributed by atoms with E-state index in [1.807, 2.05) is 13.8 Å². The maximum Gasteiger partial charge on any atom is 0.338 e. The fourth-order valence-corrected chi connectivity index (χ4v) is 5.14. The van der Waals surface area contributed by atoms with Gasteiger partial charge in [0.15, 0.2) is 5.76 Å². The number of nitrogens with one attached hydrogen (secondary N) is 1. The van der Waals surface area contributed by atoms with Gasteiger partial charge in [-0.2, -0.15) is 0 Å². The van der Waals surface area contributed by atoms with Gasteiger partial charge in [-0.25, -0.2) is 9.59 Å². The van der Waals surface area contributed by atoms with Gasteiger partial charge in [0.1, 0.15) is 0 Å². The van der Waals surface area contributed by atoms with Crippen LogP contribution in [0.25, 0.3) is 0 Å². The molecule has 4 rings (SSSR count). The van der Waals surface area contributed by atoms with Crippen LogP contribution in [0, 0.1) is 0 Å². The third kappa shape index (κ3) is 5.63. The fraction of sp³-hybridized carbons (Fsp3) is 0.423. The molecule has 11 heteroatoms. The first kappa shape index (κ1) is 27.0. The Morgan fingerprint density at radius 3 is 2.57 bits per heavy atom. The van der Waals surface area contributed by atoms with Gasteiger partial charge in [-0.05, 0) is 50.6 Å². The predicted octanol–water partition coefficient (Wildman–Crippen LogP) is 4.34. The van der Waals surface area contributed by atoms with Crippen LogP contribution in [-0.4, -0.2) is 78.0 Å². The van der Waals surface area contributed by atoms with E-state index in [0.717, 1.165) is 0 Å². The average Bonchev–Trinajstić information content (AvgIpc) is 3.40. The van der Waals surface area contributed by atoms with Crippen molar-refractivity contribution in [1.29, 1.82) is 0 Å². The van der Waals surface area contributed by atoms with Crippen molar-refractivity contribution in [3.05, 3.63) is 69.2 Å². The van der Waals surface area contributed by atoms with Crippen LogP contribution in [-0.2, 0) is 9.53 Å². The molecule has 1 fully saturated rings. The number of ether oxygens (including phenoxy) is 1. The van der Waals surface area contributed by atoms with Gasteiger partial charge in [0.05, 0.1) is 34.5 Å². The minimum Gasteiger partial charge on any atom is -0.463 e. The summed E-state index contributed by atoms with van der Waals surface area (Å²) >= 11 is 12.4. The fourth-order valence-electron chi connectivity index (χ4n) is 4.83. The number of halogens is 2. The number of urea groups is 1. The Morgan fingerprint density at radius 1 is 1.16 bits per heavy atom. The summed E-state index contributed by atoms with van der Waals surface area (Å²) in [5.74, 6) is -0.361. The highest BCUT2D eigenvalue weighted by atomic mass is 35.5. The monoisotopic (exact) mass is 548 g/mol. The predicted molar refractivity (Wildman–Crippen MR) is 139 cm³/mol. The van der Waals surface area contributed by atoms with Crippen molar-refractivity contribution in [2.24, 2.45) is 0 Å². The lowest BCUT2D eigenvalue weighted by molar-refractivity contribution is -0.139. The van der Waals surface area contributed by atoms with Crippen LogP contribution >= 0.6 is 23.2 Å². The molecule has 1 aromatic carbocycles. The summed E-state index contributed by atoms with van der Waals surface area (Å²) in [5, 5.41) is 3.63. The largest absolute Gasteiger partial charge is 0.463 e. The van der Waals surface area contributed by atoms with Gasteiger partial charge in [-0.3, -0.25) is 14.6 Å². The quantitative estimate of drug-likeness (QED) is 0.517. The van der Waals surface area contributed by atoms with E-state index in [9.17, 15) is 14.4 Å². The summed E-state index contributed by atoms with van der Waals surface area (Å²) in [7, 11) is 0. The molecule has 0 spiro atoms. The van der Waals surface area contributed by atoms with E-state index >= 15 is 0 Å². The van der Waals surface area contributed by atoms with Gasteiger partial charge >= 0.3 is 12.0 Å². The molecule has 37 heavy (non-hydrogen) atoms. The summed E-state index contributed by atoms with van der Waals surface area (Å²) in [6.45, 7) is 8.05. The van der Waals surface area contributed by atoms with E-state index in [1.54, 1.807) is 47.1 Å². The zero-order chi connectivity index (χ0) is 26.7. The molecule has 1 saturated heterocycles. The Kier molecular flexibility index (Phi) is 8.46. The number of carbonyl (C=O) groups is 3. The summed E-state index contributed by atoms with van der Waals surface area (Å²) < 4.78 is 10.7. The summed E-state index contributed by atoms with van der Waals surface area (Å²) in [4.78, 5) is 44.8. The van der Waals surface area contributed by atoms with E-state index in [0.29, 0.717) is 65.4 Å². The molecule has 2 unspecified atom stereocenters. The number of carbonyl (C=O) groups excluding carboxylic acids is 3. The number of piperazine rings is 1. The minimum atomic E-state index is -0.752. The summed E-state index contributed by atoms with van der Waals surface area (Å²) in [5.41, 5.74) is 1.54. The van der Waals surface area contributed by atoms with Crippen molar-refractivity contribution in [3.8, 4) is 0 Å². The van der Waals surface area contributed by atoms with Crippen LogP contribution in [0.4, 0.5) is 4.79 Å². The topological polar surface area (TPSA) is 95.3 Å². The van der Waals surface area contributed by atoms with Crippen LogP contribution < -0.4 is 5.32 Å². The van der Waals surface area contributed by atoms with Crippen molar-refractivity contribution < 1.29 is 23.5 Å². The third-order valence-corrected chi connectivity index (χ3v) is 7.34. The van der Waals surface area contributed by atoms with Crippen molar-refractivity contribution in [2.45, 2.75) is 32.9 Å². The van der Waals surface area contributed by atoms with Crippen molar-refractivity contribution in [1.82, 2.24) is 20.0 Å². The maximum absolute atomic E-state index is 13.3. The molecule has 0 aliphatic carbocycles. The first-order chi connectivity index (χ1) is 17.7. The molecular formula is C26H30Cl2N4O5. The van der Waals surface area contributed by atoms with Gasteiger partial charge in [0.25, 0.3) is 5.91 Å². The summed E-state index contributed by atoms with van der Waals surface area (Å²) in [6, 6.07) is 7.19. The van der Waals surface area contributed by atoms with Crippen LogP contribution in [0.5, 0.6) is 0 Å². The molecule has 2 aliphatic heterocycles. The molecule has 0 radical (unpaired) electrons. The lowest BCUT2D eigenvalue weighted by Crippen LogP contribution is -2.56. The second kappa shape index (κ2) is 11.6. The second-order valence-electron chi connectivity index (χ2n) is 8.94. The number of nitrogens with zero attached hydrogens (tertiary/aromatic N) is 3. The molecular weight excluding hydrogens is 519 g/mol. The molecule has 3 amide bonds. The number of furan rings is 1. The van der Waals surface area contributed by atoms with Crippen LogP contribution in [0.3, 0.4) is 0 Å². The Balaban J connectivity index is 1.66. The van der Waals surface area contributed by atoms with Crippen molar-refractivity contribution in [2.75, 3.05) is 39.3 Å². The molecule has 0 saturated carbocycles. The Hall–Kier alpha value is -3.01. The number of likely N-dealkylation sites (N-methyl/N-ethyl adjacent to an activating group) is 1. The normalized spacial score (nSPS) is 20.7. The van der Waals surface area contributed by atoms with Gasteiger partial charge in [-0.1, -0.05) is 29.3 Å². The van der Waals surface area contributed by atoms with E-state index in [1.165, 1.54) is 6.26 Å². The third-order valence-electron chi connectivity index (χ3n) is 6.60. The first-order valence-electron chi connectivity index (χ1n) is 12.2. The van der Waals surface area contributed by atoms with Gasteiger partial charge < -0.3 is 19.4 Å². The average molecular weight is 549 g/mol. The second-order valence-corrected chi connectivity index (χ2v) is 9.76. The number of benzene rings is 1. The van der Waals surface area contributed by atoms with Gasteiger partial charge in [-0.15, -0.1) is 0 Å². The number of amides is 3. The highest BCUT2D eigenvalue weighted by Crippen LogP contribution is 2.35. The number of esters is 1. The Labute approximate surface area is 225 Å². The molecule has 198 valence electrons. The lowest BCUT2D eigenvalue weighted by atomic mass is 9.94. The van der Waals surface area contributed by atoms with Crippen LogP contribution in [0.15, 0.2) is 52.3 Å². The molecule has 1 aromatic heterocycles. The molecule has 3 heterocycles. The first-order valence-corrected chi connectivity index (χ1v) is 13.0. The molecule has 9 nitrogen and oxygen atoms in total. The number of rotatable bonds is 7. The molecule has 2 atom stereocenters. The Bertz CT molecular complexity index is 1200. The van der Waals surface area contributed by atoms with Crippen LogP contribution in [0.1, 0.15) is 42.9 Å². The zero-order valence-electron chi connectivity index (χ0n) is 21.0. The van der Waals surface area contributed by atoms with Crippen molar-refractivity contribution >= 4 is 41.1 Å². The van der Waals surface area contributed by atoms with Gasteiger partial charge in [0.2, 0.25) is 0 Å². The molecule has 2 aliphatic rings. The molecule has 2 aromatic rings. The highest BCUT2D eigenvalue weighted by molar-refractivity contribution is 6.42. The number of hydrogen-bond acceptors (Lipinski definition) is 6. The smallest absolute Gasteiger partial charge is 0.338 e. The SMILES string of the molecule is CCOC(=O)C1=C(CN2CCN(C(=O)c3ccco3)C(C)C2)N(CC)C(=O)NC1c1ccc(Cl)c(Cl)c1. The maximum atomic E-state index is 13.3. The molecule has 1 N–H and O–H groups in total. The highest BCUT2D eigenvalue weighted by Gasteiger charge is 2.39. The number of hydrogen-bond donors (Lipinski definition) is 1. The van der Waals surface area contributed by atoms with Crippen LogP contribution in [0.2, 0.25) is 10.0 Å². The molecule has 0 bridgehead atoms. The van der Waals surface area contributed by atoms with E-state index in [4.69, 9.17) is 32.4 Å². The van der Waals surface area contributed by atoms with E-state index < -0.39 is 12.0 Å². The standard InChI is InChI=1S/C26H30Cl2N4O5/c1-4-31-20(15-30-10-11-32(16(3)14-30)24(33)21-7-6-12-37-21)22(25(34)36-5-2)23(29-26(31)35)17-8-9-18(27)19(28)13-17/h6-9,12-13,16,23H,4-5,10-11,14-15H2,1-3H3,(H,29,35). The van der Waals surface area contributed by atoms with E-state index in [2.05, 4.69) is 10.2 Å². The lowest BCUT2D eigenvalue weighted by Gasteiger charge is -2.42. The summed E-state index contributed by atoms with van der Waals surface area (Å²) in [6.07, 6.45) is 1.48. The van der Waals surface area contributed by atoms with E-state index in [-0.39, 0.29) is 24.6 Å². The Morgan fingerprint density at radius 2 is 1.95 bits per heavy atom. The zero-order valence-corrected chi connectivity index (χ0v) is 22.5. The minimum absolute atomic E-state index is 0.101. The van der Waals surface area contributed by atoms with Crippen molar-refractivity contribution in [3.63, 3.8) is 0 Å².